The van der Waals surface area contributed by atoms with Crippen LogP contribution in [0.2, 0.25) is 0 Å². The summed E-state index contributed by atoms with van der Waals surface area (Å²) in [6.07, 6.45) is 1.76. The Kier molecular flexibility index (Phi) is 4.50. The van der Waals surface area contributed by atoms with Crippen molar-refractivity contribution in [2.24, 2.45) is 0 Å². The molecule has 0 aliphatic heterocycles. The molecule has 2 rings (SSSR count). The van der Waals surface area contributed by atoms with E-state index in [2.05, 4.69) is 26.2 Å². The number of pyridine rings is 1. The molecule has 5 heteroatoms. The van der Waals surface area contributed by atoms with Crippen LogP contribution in [0.4, 0.5) is 4.39 Å². The Bertz CT molecular complexity index is 590. The molecule has 0 aliphatic carbocycles. The number of nitrogens with zero attached hydrogens (tertiary/aromatic N) is 1. The molecular formula is C14H14BrFN2O. The number of nitrogens with one attached hydrogen (secondary N) is 1. The Morgan fingerprint density at radius 1 is 1.32 bits per heavy atom. The first-order valence-electron chi connectivity index (χ1n) is 5.83. The van der Waals surface area contributed by atoms with E-state index in [1.54, 1.807) is 12.3 Å². The predicted octanol–water partition coefficient (Wildman–Crippen LogP) is 3.80. The quantitative estimate of drug-likeness (QED) is 0.928. The van der Waals surface area contributed by atoms with E-state index in [-0.39, 0.29) is 5.82 Å². The number of rotatable bonds is 4. The van der Waals surface area contributed by atoms with Crippen LogP contribution in [0.25, 0.3) is 0 Å². The first kappa shape index (κ1) is 14.0. The zero-order valence-electron chi connectivity index (χ0n) is 10.7. The molecule has 1 aromatic heterocycles. The minimum absolute atomic E-state index is 0.334. The molecule has 0 bridgehead atoms. The Balaban J connectivity index is 2.36. The molecule has 2 aromatic rings. The molecule has 0 saturated heterocycles. The lowest BCUT2D eigenvalue weighted by Crippen LogP contribution is -2.07. The van der Waals surface area contributed by atoms with Crippen molar-refractivity contribution in [2.75, 3.05) is 7.05 Å². The summed E-state index contributed by atoms with van der Waals surface area (Å²) in [7, 11) is 1.85. The van der Waals surface area contributed by atoms with E-state index >= 15 is 0 Å². The van der Waals surface area contributed by atoms with Gasteiger partial charge in [-0.1, -0.05) is 0 Å². The number of aryl methyl sites for hydroxylation is 1. The minimum atomic E-state index is -0.334. The number of halogens is 2. The van der Waals surface area contributed by atoms with Gasteiger partial charge in [-0.25, -0.2) is 4.39 Å². The molecule has 1 aromatic carbocycles. The fraction of sp³-hybridized carbons (Fsp3) is 0.214. The van der Waals surface area contributed by atoms with Crippen LogP contribution in [0.3, 0.4) is 0 Å². The van der Waals surface area contributed by atoms with Gasteiger partial charge in [0.25, 0.3) is 0 Å². The van der Waals surface area contributed by atoms with Crippen molar-refractivity contribution in [3.05, 3.63) is 52.0 Å². The zero-order valence-corrected chi connectivity index (χ0v) is 12.3. The van der Waals surface area contributed by atoms with Crippen LogP contribution in [-0.2, 0) is 6.54 Å². The number of benzene rings is 1. The Morgan fingerprint density at radius 3 is 2.84 bits per heavy atom. The highest BCUT2D eigenvalue weighted by Gasteiger charge is 2.09. The molecule has 3 nitrogen and oxygen atoms in total. The molecule has 0 atom stereocenters. The maximum atomic E-state index is 13.3. The van der Waals surface area contributed by atoms with Gasteiger partial charge < -0.3 is 10.1 Å². The number of hydrogen-bond donors (Lipinski definition) is 1. The molecule has 0 fully saturated rings. The van der Waals surface area contributed by atoms with E-state index in [4.69, 9.17) is 4.74 Å². The lowest BCUT2D eigenvalue weighted by atomic mass is 10.2. The lowest BCUT2D eigenvalue weighted by Gasteiger charge is -2.12. The van der Waals surface area contributed by atoms with Gasteiger partial charge in [0.05, 0.1) is 4.47 Å². The van der Waals surface area contributed by atoms with Gasteiger partial charge in [0.2, 0.25) is 0 Å². The van der Waals surface area contributed by atoms with Gasteiger partial charge in [-0.05, 0) is 42.0 Å². The van der Waals surface area contributed by atoms with Crippen LogP contribution in [0, 0.1) is 12.7 Å². The highest BCUT2D eigenvalue weighted by Crippen LogP contribution is 2.32. The molecule has 0 amide bonds. The Labute approximate surface area is 119 Å². The maximum absolute atomic E-state index is 13.3. The van der Waals surface area contributed by atoms with Crippen LogP contribution in [0.15, 0.2) is 34.9 Å². The Morgan fingerprint density at radius 2 is 2.11 bits per heavy atom. The fourth-order valence-electron chi connectivity index (χ4n) is 1.66. The molecule has 0 spiro atoms. The van der Waals surface area contributed by atoms with Crippen LogP contribution in [-0.4, -0.2) is 12.0 Å². The molecule has 19 heavy (non-hydrogen) atoms. The van der Waals surface area contributed by atoms with E-state index in [9.17, 15) is 4.39 Å². The van der Waals surface area contributed by atoms with E-state index in [1.165, 1.54) is 12.1 Å². The molecule has 0 saturated carbocycles. The standard InChI is InChI=1S/C14H14BrFN2O/c1-9-5-13(10(7-17-2)8-18-9)19-14-6-11(16)3-4-12(14)15/h3-6,8,17H,7H2,1-2H3. The zero-order chi connectivity index (χ0) is 13.8. The van der Waals surface area contributed by atoms with Gasteiger partial charge in [-0.15, -0.1) is 0 Å². The summed E-state index contributed by atoms with van der Waals surface area (Å²) in [5.41, 5.74) is 1.77. The highest BCUT2D eigenvalue weighted by atomic mass is 79.9. The lowest BCUT2D eigenvalue weighted by molar-refractivity contribution is 0.464. The third kappa shape index (κ3) is 3.52. The average molecular weight is 325 g/mol. The summed E-state index contributed by atoms with van der Waals surface area (Å²) >= 11 is 3.35. The van der Waals surface area contributed by atoms with Crippen molar-refractivity contribution in [3.63, 3.8) is 0 Å². The number of hydrogen-bond acceptors (Lipinski definition) is 3. The van der Waals surface area contributed by atoms with Crippen molar-refractivity contribution < 1.29 is 9.13 Å². The van der Waals surface area contributed by atoms with Crippen LogP contribution < -0.4 is 10.1 Å². The maximum Gasteiger partial charge on any atom is 0.144 e. The van der Waals surface area contributed by atoms with E-state index in [0.717, 1.165) is 11.3 Å². The van der Waals surface area contributed by atoms with Gasteiger partial charge in [0, 0.05) is 36.1 Å². The largest absolute Gasteiger partial charge is 0.456 e. The minimum Gasteiger partial charge on any atom is -0.456 e. The topological polar surface area (TPSA) is 34.2 Å². The van der Waals surface area contributed by atoms with Gasteiger partial charge >= 0.3 is 0 Å². The second-order valence-corrected chi connectivity index (χ2v) is 4.99. The van der Waals surface area contributed by atoms with Crippen molar-refractivity contribution in [2.45, 2.75) is 13.5 Å². The van der Waals surface area contributed by atoms with Gasteiger partial charge in [0.15, 0.2) is 0 Å². The molecule has 0 unspecified atom stereocenters. The molecule has 0 aliphatic rings. The highest BCUT2D eigenvalue weighted by molar-refractivity contribution is 9.10. The smallest absolute Gasteiger partial charge is 0.144 e. The molecule has 0 radical (unpaired) electrons. The van der Waals surface area contributed by atoms with Gasteiger partial charge in [0.1, 0.15) is 17.3 Å². The monoisotopic (exact) mass is 324 g/mol. The first-order valence-corrected chi connectivity index (χ1v) is 6.62. The molecular weight excluding hydrogens is 311 g/mol. The first-order chi connectivity index (χ1) is 9.10. The summed E-state index contributed by atoms with van der Waals surface area (Å²) in [6.45, 7) is 2.52. The third-order valence-electron chi connectivity index (χ3n) is 2.56. The summed E-state index contributed by atoms with van der Waals surface area (Å²) in [5.74, 6) is 0.787. The molecule has 1 heterocycles. The summed E-state index contributed by atoms with van der Waals surface area (Å²) < 4.78 is 19.7. The second kappa shape index (κ2) is 6.12. The summed E-state index contributed by atoms with van der Waals surface area (Å²) in [6, 6.07) is 6.19. The molecule has 1 N–H and O–H groups in total. The van der Waals surface area contributed by atoms with E-state index < -0.39 is 0 Å². The number of ether oxygens (including phenoxy) is 1. The predicted molar refractivity (Wildman–Crippen MR) is 75.9 cm³/mol. The third-order valence-corrected chi connectivity index (χ3v) is 3.22. The Hall–Kier alpha value is -1.46. The van der Waals surface area contributed by atoms with Crippen molar-refractivity contribution in [1.82, 2.24) is 10.3 Å². The molecule has 100 valence electrons. The van der Waals surface area contributed by atoms with E-state index in [1.807, 2.05) is 20.0 Å². The average Bonchev–Trinajstić information content (AvgIpc) is 2.37. The van der Waals surface area contributed by atoms with E-state index in [0.29, 0.717) is 22.5 Å². The number of aromatic nitrogens is 1. The second-order valence-electron chi connectivity index (χ2n) is 4.14. The van der Waals surface area contributed by atoms with Crippen LogP contribution >= 0.6 is 15.9 Å². The summed E-state index contributed by atoms with van der Waals surface area (Å²) in [5, 5.41) is 3.05. The van der Waals surface area contributed by atoms with Gasteiger partial charge in [-0.2, -0.15) is 0 Å². The fourth-order valence-corrected chi connectivity index (χ4v) is 1.98. The summed E-state index contributed by atoms with van der Waals surface area (Å²) in [4.78, 5) is 4.23. The van der Waals surface area contributed by atoms with Crippen LogP contribution in [0.5, 0.6) is 11.5 Å². The van der Waals surface area contributed by atoms with Crippen LogP contribution in [0.1, 0.15) is 11.3 Å². The van der Waals surface area contributed by atoms with Crippen molar-refractivity contribution in [1.29, 1.82) is 0 Å². The van der Waals surface area contributed by atoms with Gasteiger partial charge in [-0.3, -0.25) is 4.98 Å². The SMILES string of the molecule is CNCc1cnc(C)cc1Oc1cc(F)ccc1Br. The van der Waals surface area contributed by atoms with Crippen molar-refractivity contribution in [3.8, 4) is 11.5 Å². The van der Waals surface area contributed by atoms with Crippen molar-refractivity contribution >= 4 is 15.9 Å². The normalized spacial score (nSPS) is 10.5.